The van der Waals surface area contributed by atoms with Crippen LogP contribution in [0.5, 0.6) is 0 Å². The minimum Gasteiger partial charge on any atom is -0.326 e. The lowest BCUT2D eigenvalue weighted by Crippen LogP contribution is -2.28. The van der Waals surface area contributed by atoms with Gasteiger partial charge in [-0.15, -0.1) is 11.8 Å². The van der Waals surface area contributed by atoms with E-state index in [2.05, 4.69) is 46.0 Å². The Morgan fingerprint density at radius 2 is 1.84 bits per heavy atom. The molecule has 0 unspecified atom stereocenters. The molecule has 2 aromatic carbocycles. The highest BCUT2D eigenvalue weighted by Gasteiger charge is 2.34. The molecular weight excluding hydrogens is 404 g/mol. The molecule has 2 atom stereocenters. The molecular formula is C26H34N2O2S. The quantitative estimate of drug-likeness (QED) is 0.542. The molecule has 1 saturated heterocycles. The summed E-state index contributed by atoms with van der Waals surface area (Å²) >= 11 is 1.65. The zero-order valence-corrected chi connectivity index (χ0v) is 20.1. The summed E-state index contributed by atoms with van der Waals surface area (Å²) in [5.41, 5.74) is 4.26. The van der Waals surface area contributed by atoms with Gasteiger partial charge in [0.1, 0.15) is 5.37 Å². The summed E-state index contributed by atoms with van der Waals surface area (Å²) in [6.45, 7) is 10.8. The van der Waals surface area contributed by atoms with E-state index in [0.29, 0.717) is 18.1 Å². The average molecular weight is 439 g/mol. The molecule has 31 heavy (non-hydrogen) atoms. The largest absolute Gasteiger partial charge is 0.326 e. The molecule has 2 aromatic rings. The molecule has 1 N–H and O–H groups in total. The number of nitrogens with one attached hydrogen (secondary N) is 1. The second kappa shape index (κ2) is 9.90. The van der Waals surface area contributed by atoms with E-state index < -0.39 is 0 Å². The van der Waals surface area contributed by atoms with Crippen LogP contribution in [0.4, 0.5) is 11.4 Å². The topological polar surface area (TPSA) is 49.4 Å². The van der Waals surface area contributed by atoms with Gasteiger partial charge in [0.2, 0.25) is 11.8 Å². The summed E-state index contributed by atoms with van der Waals surface area (Å²) in [6.07, 6.45) is 2.42. The lowest BCUT2D eigenvalue weighted by molar-refractivity contribution is -0.117. The van der Waals surface area contributed by atoms with Crippen molar-refractivity contribution in [3.8, 4) is 0 Å². The van der Waals surface area contributed by atoms with Crippen molar-refractivity contribution in [3.05, 3.63) is 59.7 Å². The van der Waals surface area contributed by atoms with Crippen LogP contribution >= 0.6 is 11.8 Å². The zero-order chi connectivity index (χ0) is 22.6. The van der Waals surface area contributed by atoms with Crippen molar-refractivity contribution in [2.75, 3.05) is 16.0 Å². The van der Waals surface area contributed by atoms with Crippen molar-refractivity contribution in [3.63, 3.8) is 0 Å². The molecule has 0 spiro atoms. The molecule has 1 aliphatic heterocycles. The van der Waals surface area contributed by atoms with E-state index >= 15 is 0 Å². The number of anilines is 2. The minimum atomic E-state index is -0.0447. The Hall–Kier alpha value is -2.27. The van der Waals surface area contributed by atoms with E-state index in [1.807, 2.05) is 47.4 Å². The van der Waals surface area contributed by atoms with Crippen LogP contribution in [0.2, 0.25) is 0 Å². The standard InChI is InChI=1S/C26H34N2O2S/c1-6-19-9-7-8-10-22(19)28-24(30)17-31-25(28)20-11-13-21(14-12-20)27-23(29)15-18(2)16-26(3,4)5/h7-14,18,25H,6,15-17H2,1-5H3,(H,27,29)/t18-,25+/m0/s1. The van der Waals surface area contributed by atoms with Crippen LogP contribution < -0.4 is 10.2 Å². The van der Waals surface area contributed by atoms with Gasteiger partial charge in [0, 0.05) is 17.8 Å². The first-order valence-corrected chi connectivity index (χ1v) is 12.1. The number of rotatable bonds is 7. The first kappa shape index (κ1) is 23.4. The number of thioether (sulfide) groups is 1. The number of hydrogen-bond acceptors (Lipinski definition) is 3. The van der Waals surface area contributed by atoms with Crippen molar-refractivity contribution in [2.45, 2.75) is 59.3 Å². The molecule has 4 nitrogen and oxygen atoms in total. The van der Waals surface area contributed by atoms with E-state index in [4.69, 9.17) is 0 Å². The molecule has 0 aromatic heterocycles. The summed E-state index contributed by atoms with van der Waals surface area (Å²) in [5.74, 6) is 1.01. The Morgan fingerprint density at radius 3 is 2.48 bits per heavy atom. The van der Waals surface area contributed by atoms with Crippen LogP contribution in [0.1, 0.15) is 64.0 Å². The first-order chi connectivity index (χ1) is 14.7. The van der Waals surface area contributed by atoms with E-state index in [0.717, 1.165) is 29.8 Å². The number of nitrogens with zero attached hydrogens (tertiary/aromatic N) is 1. The smallest absolute Gasteiger partial charge is 0.238 e. The second-order valence-electron chi connectivity index (χ2n) is 9.65. The predicted octanol–water partition coefficient (Wildman–Crippen LogP) is 6.43. The zero-order valence-electron chi connectivity index (χ0n) is 19.3. The number of carbonyl (C=O) groups is 2. The van der Waals surface area contributed by atoms with Crippen LogP contribution in [-0.4, -0.2) is 17.6 Å². The first-order valence-electron chi connectivity index (χ1n) is 11.1. The number of carbonyl (C=O) groups excluding carboxylic acids is 2. The maximum Gasteiger partial charge on any atom is 0.238 e. The Labute approximate surface area is 190 Å². The SMILES string of the molecule is CCc1ccccc1N1C(=O)CS[C@@H]1c1ccc(NC(=O)C[C@H](C)CC(C)(C)C)cc1. The Bertz CT molecular complexity index is 918. The molecule has 0 aliphatic carbocycles. The third-order valence-electron chi connectivity index (χ3n) is 5.47. The normalized spacial score (nSPS) is 17.6. The molecule has 0 saturated carbocycles. The Balaban J connectivity index is 1.69. The lowest BCUT2D eigenvalue weighted by Gasteiger charge is -2.26. The van der Waals surface area contributed by atoms with Gasteiger partial charge < -0.3 is 5.32 Å². The monoisotopic (exact) mass is 438 g/mol. The number of para-hydroxylation sites is 1. The fraction of sp³-hybridized carbons (Fsp3) is 0.462. The highest BCUT2D eigenvalue weighted by Crippen LogP contribution is 2.43. The Morgan fingerprint density at radius 1 is 1.16 bits per heavy atom. The van der Waals surface area contributed by atoms with Gasteiger partial charge in [0.15, 0.2) is 0 Å². The van der Waals surface area contributed by atoms with Crippen molar-refractivity contribution >= 4 is 35.0 Å². The van der Waals surface area contributed by atoms with Gasteiger partial charge in [-0.25, -0.2) is 0 Å². The van der Waals surface area contributed by atoms with Crippen molar-refractivity contribution < 1.29 is 9.59 Å². The molecule has 0 bridgehead atoms. The summed E-state index contributed by atoms with van der Waals surface area (Å²) in [6, 6.07) is 16.0. The van der Waals surface area contributed by atoms with Gasteiger partial charge in [-0.1, -0.05) is 65.0 Å². The van der Waals surface area contributed by atoms with Crippen molar-refractivity contribution in [1.82, 2.24) is 0 Å². The molecule has 1 fully saturated rings. The summed E-state index contributed by atoms with van der Waals surface area (Å²) < 4.78 is 0. The molecule has 166 valence electrons. The Kier molecular flexibility index (Phi) is 7.47. The maximum absolute atomic E-state index is 12.7. The number of benzene rings is 2. The maximum atomic E-state index is 12.7. The van der Waals surface area contributed by atoms with Crippen LogP contribution in [0.3, 0.4) is 0 Å². The van der Waals surface area contributed by atoms with Crippen molar-refractivity contribution in [2.24, 2.45) is 11.3 Å². The minimum absolute atomic E-state index is 0.0447. The molecule has 0 radical (unpaired) electrons. The second-order valence-corrected chi connectivity index (χ2v) is 10.7. The van der Waals surface area contributed by atoms with Gasteiger partial charge in [0.25, 0.3) is 0 Å². The summed E-state index contributed by atoms with van der Waals surface area (Å²) in [5, 5.41) is 2.98. The molecule has 1 heterocycles. The van der Waals surface area contributed by atoms with Crippen LogP contribution in [0, 0.1) is 11.3 Å². The van der Waals surface area contributed by atoms with Crippen molar-refractivity contribution in [1.29, 1.82) is 0 Å². The molecule has 3 rings (SSSR count). The number of amides is 2. The van der Waals surface area contributed by atoms with E-state index in [-0.39, 0.29) is 22.6 Å². The fourth-order valence-corrected chi connectivity index (χ4v) is 5.52. The van der Waals surface area contributed by atoms with Gasteiger partial charge >= 0.3 is 0 Å². The number of hydrogen-bond donors (Lipinski definition) is 1. The molecule has 2 amide bonds. The van der Waals surface area contributed by atoms with Crippen LogP contribution in [0.25, 0.3) is 0 Å². The molecule has 1 aliphatic rings. The average Bonchev–Trinajstić information content (AvgIpc) is 3.08. The highest BCUT2D eigenvalue weighted by atomic mass is 32.2. The summed E-state index contributed by atoms with van der Waals surface area (Å²) in [7, 11) is 0. The lowest BCUT2D eigenvalue weighted by atomic mass is 9.84. The van der Waals surface area contributed by atoms with Crippen LogP contribution in [-0.2, 0) is 16.0 Å². The van der Waals surface area contributed by atoms with Crippen LogP contribution in [0.15, 0.2) is 48.5 Å². The number of aryl methyl sites for hydroxylation is 1. The van der Waals surface area contributed by atoms with E-state index in [1.165, 1.54) is 5.56 Å². The third kappa shape index (κ3) is 6.13. The third-order valence-corrected chi connectivity index (χ3v) is 6.69. The van der Waals surface area contributed by atoms with Gasteiger partial charge in [-0.05, 0) is 53.5 Å². The molecule has 5 heteroatoms. The van der Waals surface area contributed by atoms with E-state index in [9.17, 15) is 9.59 Å². The van der Waals surface area contributed by atoms with Gasteiger partial charge in [-0.2, -0.15) is 0 Å². The van der Waals surface area contributed by atoms with Gasteiger partial charge in [-0.3, -0.25) is 14.5 Å². The summed E-state index contributed by atoms with van der Waals surface area (Å²) in [4.78, 5) is 27.0. The highest BCUT2D eigenvalue weighted by molar-refractivity contribution is 8.00. The van der Waals surface area contributed by atoms with Gasteiger partial charge in [0.05, 0.1) is 5.75 Å². The predicted molar refractivity (Wildman–Crippen MR) is 131 cm³/mol. The fourth-order valence-electron chi connectivity index (χ4n) is 4.35. The van der Waals surface area contributed by atoms with E-state index in [1.54, 1.807) is 11.8 Å².